The Morgan fingerprint density at radius 3 is 2.24 bits per heavy atom. The molecular weight excluding hydrogens is 229 g/mol. The molecule has 0 radical (unpaired) electrons. The second kappa shape index (κ2) is 5.94. The second-order valence-corrected chi connectivity index (χ2v) is 4.24. The summed E-state index contributed by atoms with van der Waals surface area (Å²) in [5, 5.41) is 0. The number of aryl methyl sites for hydroxylation is 1. The Labute approximate surface area is 99.6 Å². The number of alkyl halides is 3. The normalized spacial score (nSPS) is 13.5. The van der Waals surface area contributed by atoms with Gasteiger partial charge in [-0.05, 0) is 36.5 Å². The fourth-order valence-electron chi connectivity index (χ4n) is 1.47. The number of hydrogen-bond acceptors (Lipinski definition) is 1. The lowest BCUT2D eigenvalue weighted by molar-refractivity contribution is -0.274. The standard InChI is InChI=1S/C13H17F3O/c1-3-10(2)4-5-11-6-8-12(9-7-11)17-13(14,15)16/h6-10H,3-5H2,1-2H3. The molecule has 0 amide bonds. The summed E-state index contributed by atoms with van der Waals surface area (Å²) >= 11 is 0. The van der Waals surface area contributed by atoms with Crippen molar-refractivity contribution in [1.82, 2.24) is 0 Å². The van der Waals surface area contributed by atoms with Gasteiger partial charge in [-0.2, -0.15) is 0 Å². The predicted octanol–water partition coefficient (Wildman–Crippen LogP) is 4.56. The fourth-order valence-corrected chi connectivity index (χ4v) is 1.47. The van der Waals surface area contributed by atoms with Crippen molar-refractivity contribution < 1.29 is 17.9 Å². The lowest BCUT2D eigenvalue weighted by Crippen LogP contribution is -2.17. The van der Waals surface area contributed by atoms with Crippen molar-refractivity contribution in [2.75, 3.05) is 0 Å². The average molecular weight is 246 g/mol. The third kappa shape index (κ3) is 5.61. The van der Waals surface area contributed by atoms with Crippen LogP contribution in [0.1, 0.15) is 32.3 Å². The van der Waals surface area contributed by atoms with Crippen LogP contribution in [0, 0.1) is 5.92 Å². The van der Waals surface area contributed by atoms with Crippen LogP contribution in [0.4, 0.5) is 13.2 Å². The highest BCUT2D eigenvalue weighted by Gasteiger charge is 2.30. The number of ether oxygens (including phenoxy) is 1. The Bertz CT molecular complexity index is 330. The first-order valence-electron chi connectivity index (χ1n) is 5.75. The molecule has 4 heteroatoms. The summed E-state index contributed by atoms with van der Waals surface area (Å²) in [6.45, 7) is 4.30. The minimum absolute atomic E-state index is 0.162. The Hall–Kier alpha value is -1.19. The largest absolute Gasteiger partial charge is 0.573 e. The molecular formula is C13H17F3O. The molecule has 1 unspecified atom stereocenters. The molecule has 0 spiro atoms. The first-order valence-corrected chi connectivity index (χ1v) is 5.75. The van der Waals surface area contributed by atoms with Gasteiger partial charge < -0.3 is 4.74 Å². The molecule has 0 aliphatic heterocycles. The van der Waals surface area contributed by atoms with Crippen LogP contribution in [-0.4, -0.2) is 6.36 Å². The lowest BCUT2D eigenvalue weighted by atomic mass is 9.99. The zero-order chi connectivity index (χ0) is 12.9. The molecule has 0 saturated carbocycles. The van der Waals surface area contributed by atoms with Crippen LogP contribution in [0.3, 0.4) is 0 Å². The molecule has 0 bridgehead atoms. The summed E-state index contributed by atoms with van der Waals surface area (Å²) in [6, 6.07) is 6.09. The summed E-state index contributed by atoms with van der Waals surface area (Å²) in [7, 11) is 0. The number of halogens is 3. The molecule has 0 aliphatic carbocycles. The molecule has 1 atom stereocenters. The molecule has 0 aromatic heterocycles. The average Bonchev–Trinajstić information content (AvgIpc) is 2.25. The molecule has 1 aromatic carbocycles. The zero-order valence-electron chi connectivity index (χ0n) is 10.1. The van der Waals surface area contributed by atoms with E-state index >= 15 is 0 Å². The van der Waals surface area contributed by atoms with Gasteiger partial charge in [0.2, 0.25) is 0 Å². The van der Waals surface area contributed by atoms with Gasteiger partial charge in [-0.3, -0.25) is 0 Å². The Morgan fingerprint density at radius 2 is 1.76 bits per heavy atom. The topological polar surface area (TPSA) is 9.23 Å². The van der Waals surface area contributed by atoms with Crippen molar-refractivity contribution in [3.05, 3.63) is 29.8 Å². The van der Waals surface area contributed by atoms with E-state index in [-0.39, 0.29) is 5.75 Å². The van der Waals surface area contributed by atoms with Crippen LogP contribution >= 0.6 is 0 Å². The van der Waals surface area contributed by atoms with E-state index in [0.717, 1.165) is 24.8 Å². The minimum atomic E-state index is -4.61. The Kier molecular flexibility index (Phi) is 4.85. The van der Waals surface area contributed by atoms with E-state index in [1.807, 2.05) is 0 Å². The molecule has 1 rings (SSSR count). The van der Waals surface area contributed by atoms with Gasteiger partial charge in [0, 0.05) is 0 Å². The van der Waals surface area contributed by atoms with Crippen LogP contribution in [0.15, 0.2) is 24.3 Å². The van der Waals surface area contributed by atoms with Gasteiger partial charge in [0.25, 0.3) is 0 Å². The maximum atomic E-state index is 11.9. The van der Waals surface area contributed by atoms with Crippen molar-refractivity contribution in [1.29, 1.82) is 0 Å². The monoisotopic (exact) mass is 246 g/mol. The van der Waals surface area contributed by atoms with E-state index in [2.05, 4.69) is 18.6 Å². The van der Waals surface area contributed by atoms with E-state index in [0.29, 0.717) is 5.92 Å². The summed E-state index contributed by atoms with van der Waals surface area (Å²) in [4.78, 5) is 0. The molecule has 96 valence electrons. The highest BCUT2D eigenvalue weighted by molar-refractivity contribution is 5.27. The van der Waals surface area contributed by atoms with Crippen LogP contribution in [0.25, 0.3) is 0 Å². The summed E-state index contributed by atoms with van der Waals surface area (Å²) < 4.78 is 39.6. The van der Waals surface area contributed by atoms with Gasteiger partial charge in [-0.1, -0.05) is 32.4 Å². The number of rotatable bonds is 5. The van der Waals surface area contributed by atoms with Gasteiger partial charge in [0.05, 0.1) is 0 Å². The smallest absolute Gasteiger partial charge is 0.406 e. The van der Waals surface area contributed by atoms with Crippen molar-refractivity contribution in [3.8, 4) is 5.75 Å². The van der Waals surface area contributed by atoms with Gasteiger partial charge in [0.15, 0.2) is 0 Å². The first kappa shape index (κ1) is 13.9. The summed E-state index contributed by atoms with van der Waals surface area (Å²) in [6.07, 6.45) is -1.55. The molecule has 0 heterocycles. The quantitative estimate of drug-likeness (QED) is 0.739. The molecule has 0 fully saturated rings. The molecule has 1 nitrogen and oxygen atoms in total. The highest BCUT2D eigenvalue weighted by Crippen LogP contribution is 2.23. The predicted molar refractivity (Wildman–Crippen MR) is 60.9 cm³/mol. The summed E-state index contributed by atoms with van der Waals surface area (Å²) in [5.41, 5.74) is 1.04. The van der Waals surface area contributed by atoms with Crippen molar-refractivity contribution in [2.24, 2.45) is 5.92 Å². The van der Waals surface area contributed by atoms with E-state index in [4.69, 9.17) is 0 Å². The second-order valence-electron chi connectivity index (χ2n) is 4.24. The van der Waals surface area contributed by atoms with Crippen molar-refractivity contribution >= 4 is 0 Å². The van der Waals surface area contributed by atoms with E-state index in [9.17, 15) is 13.2 Å². The maximum absolute atomic E-state index is 11.9. The van der Waals surface area contributed by atoms with E-state index in [1.165, 1.54) is 12.1 Å². The minimum Gasteiger partial charge on any atom is -0.406 e. The van der Waals surface area contributed by atoms with Crippen LogP contribution in [0.2, 0.25) is 0 Å². The van der Waals surface area contributed by atoms with Gasteiger partial charge in [-0.25, -0.2) is 0 Å². The third-order valence-electron chi connectivity index (χ3n) is 2.78. The van der Waals surface area contributed by atoms with Crippen LogP contribution in [0.5, 0.6) is 5.75 Å². The molecule has 0 N–H and O–H groups in total. The van der Waals surface area contributed by atoms with E-state index in [1.54, 1.807) is 12.1 Å². The van der Waals surface area contributed by atoms with E-state index < -0.39 is 6.36 Å². The molecule has 17 heavy (non-hydrogen) atoms. The lowest BCUT2D eigenvalue weighted by Gasteiger charge is -2.10. The van der Waals surface area contributed by atoms with Crippen LogP contribution < -0.4 is 4.74 Å². The zero-order valence-corrected chi connectivity index (χ0v) is 10.1. The maximum Gasteiger partial charge on any atom is 0.573 e. The van der Waals surface area contributed by atoms with Gasteiger partial charge in [0.1, 0.15) is 5.75 Å². The number of benzene rings is 1. The van der Waals surface area contributed by atoms with Gasteiger partial charge >= 0.3 is 6.36 Å². The third-order valence-corrected chi connectivity index (χ3v) is 2.78. The van der Waals surface area contributed by atoms with Crippen molar-refractivity contribution in [3.63, 3.8) is 0 Å². The Morgan fingerprint density at radius 1 is 1.18 bits per heavy atom. The first-order chi connectivity index (χ1) is 7.90. The van der Waals surface area contributed by atoms with Crippen LogP contribution in [-0.2, 0) is 6.42 Å². The summed E-state index contributed by atoms with van der Waals surface area (Å²) in [5.74, 6) is 0.478. The molecule has 0 aliphatic rings. The van der Waals surface area contributed by atoms with Crippen molar-refractivity contribution in [2.45, 2.75) is 39.5 Å². The highest BCUT2D eigenvalue weighted by atomic mass is 19.4. The Balaban J connectivity index is 2.50. The fraction of sp³-hybridized carbons (Fsp3) is 0.538. The van der Waals surface area contributed by atoms with Gasteiger partial charge in [-0.15, -0.1) is 13.2 Å². The molecule has 1 aromatic rings. The number of hydrogen-bond donors (Lipinski definition) is 0. The SMILES string of the molecule is CCC(C)CCc1ccc(OC(F)(F)F)cc1. The molecule has 0 saturated heterocycles.